The molecular formula is C18H26N2O6S. The molecule has 1 amide bonds. The number of ether oxygens (including phenoxy) is 2. The normalized spacial score (nSPS) is 13.4. The highest BCUT2D eigenvalue weighted by Gasteiger charge is 2.26. The van der Waals surface area contributed by atoms with Gasteiger partial charge in [0.15, 0.2) is 0 Å². The zero-order valence-electron chi connectivity index (χ0n) is 16.2. The second-order valence-corrected chi connectivity index (χ2v) is 7.93. The molecule has 150 valence electrons. The third kappa shape index (κ3) is 8.29. The van der Waals surface area contributed by atoms with E-state index in [0.717, 1.165) is 5.75 Å². The average molecular weight is 398 g/mol. The lowest BCUT2D eigenvalue weighted by atomic mass is 10.1. The number of non-ortho nitro benzene ring substituents is 1. The summed E-state index contributed by atoms with van der Waals surface area (Å²) in [5, 5.41) is 13.4. The van der Waals surface area contributed by atoms with Crippen LogP contribution in [-0.2, 0) is 9.47 Å². The van der Waals surface area contributed by atoms with Crippen molar-refractivity contribution in [1.82, 2.24) is 5.32 Å². The van der Waals surface area contributed by atoms with E-state index in [0.29, 0.717) is 6.42 Å². The monoisotopic (exact) mass is 398 g/mol. The minimum atomic E-state index is -0.632. The predicted molar refractivity (Wildman–Crippen MR) is 104 cm³/mol. The van der Waals surface area contributed by atoms with Crippen molar-refractivity contribution in [2.45, 2.75) is 51.9 Å². The number of nitro groups is 1. The van der Waals surface area contributed by atoms with Crippen LogP contribution in [0.4, 0.5) is 10.5 Å². The minimum Gasteiger partial charge on any atom is -0.457 e. The van der Waals surface area contributed by atoms with Crippen molar-refractivity contribution >= 4 is 29.5 Å². The Morgan fingerprint density at radius 1 is 1.26 bits per heavy atom. The highest BCUT2D eigenvalue weighted by Crippen LogP contribution is 2.16. The van der Waals surface area contributed by atoms with Gasteiger partial charge in [0.1, 0.15) is 11.7 Å². The molecule has 9 heteroatoms. The van der Waals surface area contributed by atoms with Crippen LogP contribution in [0, 0.1) is 10.1 Å². The summed E-state index contributed by atoms with van der Waals surface area (Å²) in [6, 6.07) is 4.74. The van der Waals surface area contributed by atoms with E-state index in [1.807, 2.05) is 6.26 Å². The molecule has 0 aliphatic rings. The Hall–Kier alpha value is -2.29. The van der Waals surface area contributed by atoms with Crippen molar-refractivity contribution in [2.75, 3.05) is 12.0 Å². The van der Waals surface area contributed by atoms with Crippen molar-refractivity contribution in [2.24, 2.45) is 0 Å². The molecule has 0 fully saturated rings. The number of carbonyl (C=O) groups excluding carboxylic acids is 2. The summed E-state index contributed by atoms with van der Waals surface area (Å²) in [6.45, 7) is 6.98. The van der Waals surface area contributed by atoms with Crippen molar-refractivity contribution in [3.8, 4) is 0 Å². The highest BCUT2D eigenvalue weighted by atomic mass is 32.2. The van der Waals surface area contributed by atoms with E-state index in [-0.39, 0.29) is 11.3 Å². The van der Waals surface area contributed by atoms with Gasteiger partial charge < -0.3 is 14.8 Å². The predicted octanol–water partition coefficient (Wildman–Crippen LogP) is 3.79. The van der Waals surface area contributed by atoms with Crippen LogP contribution in [0.3, 0.4) is 0 Å². The van der Waals surface area contributed by atoms with Crippen LogP contribution in [0.1, 0.15) is 44.5 Å². The Kier molecular flexibility index (Phi) is 8.55. The molecule has 0 radical (unpaired) electrons. The maximum Gasteiger partial charge on any atom is 0.408 e. The Morgan fingerprint density at radius 2 is 1.85 bits per heavy atom. The first-order valence-electron chi connectivity index (χ1n) is 8.47. The highest BCUT2D eigenvalue weighted by molar-refractivity contribution is 7.98. The first-order valence-corrected chi connectivity index (χ1v) is 9.86. The van der Waals surface area contributed by atoms with Gasteiger partial charge in [-0.25, -0.2) is 9.59 Å². The standard InChI is InChI=1S/C18H26N2O6S/c1-12(15(10-11-27-5)19-17(22)26-18(2,3)4)25-16(21)13-6-8-14(9-7-13)20(23)24/h6-9,12,15H,10-11H2,1-5H3,(H,19,22)/t12-,15-/m1/s1. The summed E-state index contributed by atoms with van der Waals surface area (Å²) in [4.78, 5) is 34.5. The summed E-state index contributed by atoms with van der Waals surface area (Å²) in [5.41, 5.74) is -0.537. The summed E-state index contributed by atoms with van der Waals surface area (Å²) in [7, 11) is 0. The van der Waals surface area contributed by atoms with Crippen LogP contribution < -0.4 is 5.32 Å². The van der Waals surface area contributed by atoms with Gasteiger partial charge in [-0.05, 0) is 58.3 Å². The Labute approximate surface area is 163 Å². The van der Waals surface area contributed by atoms with Crippen LogP contribution in [0.5, 0.6) is 0 Å². The zero-order valence-corrected chi connectivity index (χ0v) is 17.0. The molecule has 0 saturated heterocycles. The Morgan fingerprint density at radius 3 is 2.33 bits per heavy atom. The van der Waals surface area contributed by atoms with Gasteiger partial charge in [0.2, 0.25) is 0 Å². The van der Waals surface area contributed by atoms with Gasteiger partial charge in [-0.15, -0.1) is 0 Å². The lowest BCUT2D eigenvalue weighted by molar-refractivity contribution is -0.384. The average Bonchev–Trinajstić information content (AvgIpc) is 2.56. The van der Waals surface area contributed by atoms with E-state index < -0.39 is 34.7 Å². The van der Waals surface area contributed by atoms with Crippen molar-refractivity contribution in [3.63, 3.8) is 0 Å². The van der Waals surface area contributed by atoms with Crippen molar-refractivity contribution in [1.29, 1.82) is 0 Å². The van der Waals surface area contributed by atoms with Crippen LogP contribution in [0.25, 0.3) is 0 Å². The number of thioether (sulfide) groups is 1. The second kappa shape index (κ2) is 10.1. The number of nitro benzene ring substituents is 1. The SMILES string of the molecule is CSCC[C@@H](NC(=O)OC(C)(C)C)[C@@H](C)OC(=O)c1ccc([N+](=O)[O-])cc1. The molecule has 8 nitrogen and oxygen atoms in total. The fourth-order valence-electron chi connectivity index (χ4n) is 2.17. The largest absolute Gasteiger partial charge is 0.457 e. The summed E-state index contributed by atoms with van der Waals surface area (Å²) in [5.74, 6) is 0.150. The van der Waals surface area contributed by atoms with Gasteiger partial charge in [-0.2, -0.15) is 11.8 Å². The number of nitrogens with zero attached hydrogens (tertiary/aromatic N) is 1. The van der Waals surface area contributed by atoms with Crippen LogP contribution in [0.15, 0.2) is 24.3 Å². The molecule has 0 heterocycles. The molecule has 0 bridgehead atoms. The minimum absolute atomic E-state index is 0.107. The number of alkyl carbamates (subject to hydrolysis) is 1. The van der Waals surface area contributed by atoms with Crippen LogP contribution in [0.2, 0.25) is 0 Å². The fourth-order valence-corrected chi connectivity index (χ4v) is 2.66. The fraction of sp³-hybridized carbons (Fsp3) is 0.556. The van der Waals surface area contributed by atoms with Crippen molar-refractivity contribution in [3.05, 3.63) is 39.9 Å². The molecule has 0 spiro atoms. The number of esters is 1. The lowest BCUT2D eigenvalue weighted by Crippen LogP contribution is -2.46. The molecule has 1 aromatic carbocycles. The molecule has 0 unspecified atom stereocenters. The first-order chi connectivity index (χ1) is 12.5. The summed E-state index contributed by atoms with van der Waals surface area (Å²) in [6.07, 6.45) is 1.35. The number of carbonyl (C=O) groups is 2. The molecular weight excluding hydrogens is 372 g/mol. The maximum atomic E-state index is 12.3. The zero-order chi connectivity index (χ0) is 20.6. The molecule has 0 aliphatic heterocycles. The van der Waals surface area contributed by atoms with Crippen LogP contribution >= 0.6 is 11.8 Å². The van der Waals surface area contributed by atoms with E-state index in [2.05, 4.69) is 5.32 Å². The molecule has 1 N–H and O–H groups in total. The lowest BCUT2D eigenvalue weighted by Gasteiger charge is -2.27. The van der Waals surface area contributed by atoms with E-state index in [1.54, 1.807) is 39.5 Å². The molecule has 0 saturated carbocycles. The second-order valence-electron chi connectivity index (χ2n) is 6.95. The molecule has 1 aromatic rings. The number of rotatable bonds is 8. The quantitative estimate of drug-likeness (QED) is 0.403. The third-order valence-electron chi connectivity index (χ3n) is 3.51. The van der Waals surface area contributed by atoms with Gasteiger partial charge in [0.05, 0.1) is 16.5 Å². The van der Waals surface area contributed by atoms with Gasteiger partial charge in [0, 0.05) is 12.1 Å². The number of hydrogen-bond acceptors (Lipinski definition) is 7. The van der Waals surface area contributed by atoms with Gasteiger partial charge in [-0.1, -0.05) is 0 Å². The van der Waals surface area contributed by atoms with E-state index in [4.69, 9.17) is 9.47 Å². The smallest absolute Gasteiger partial charge is 0.408 e. The molecule has 0 aliphatic carbocycles. The maximum absolute atomic E-state index is 12.3. The first kappa shape index (κ1) is 22.8. The number of nitrogens with one attached hydrogen (secondary N) is 1. The van der Waals surface area contributed by atoms with E-state index >= 15 is 0 Å². The van der Waals surface area contributed by atoms with Crippen LogP contribution in [-0.4, -0.2) is 46.7 Å². The molecule has 1 rings (SSSR count). The molecule has 2 atom stereocenters. The van der Waals surface area contributed by atoms with E-state index in [1.165, 1.54) is 24.3 Å². The third-order valence-corrected chi connectivity index (χ3v) is 4.15. The Bertz CT molecular complexity index is 657. The van der Waals surface area contributed by atoms with E-state index in [9.17, 15) is 19.7 Å². The topological polar surface area (TPSA) is 108 Å². The number of amides is 1. The molecule has 27 heavy (non-hydrogen) atoms. The summed E-state index contributed by atoms with van der Waals surface area (Å²) < 4.78 is 10.7. The molecule has 0 aromatic heterocycles. The number of benzene rings is 1. The van der Waals surface area contributed by atoms with Gasteiger partial charge in [0.25, 0.3) is 5.69 Å². The Balaban J connectivity index is 2.76. The van der Waals surface area contributed by atoms with Gasteiger partial charge in [-0.3, -0.25) is 10.1 Å². The van der Waals surface area contributed by atoms with Crippen molar-refractivity contribution < 1.29 is 24.0 Å². The summed E-state index contributed by atoms with van der Waals surface area (Å²) >= 11 is 1.61. The van der Waals surface area contributed by atoms with Gasteiger partial charge >= 0.3 is 12.1 Å². The number of hydrogen-bond donors (Lipinski definition) is 1.